The maximum Gasteiger partial charge on any atom is 0.359 e. The second-order valence-corrected chi connectivity index (χ2v) is 6.75. The number of hydrogen-bond donors (Lipinski definition) is 0. The SMILES string of the molecule is C[C@@H]1CCC[C@@H](C)N1C(=O)COC(=O)c1ncc(Cl)c(Cl)c1Cl. The average Bonchev–Trinajstić information content (AvgIpc) is 2.50. The van der Waals surface area contributed by atoms with E-state index in [-0.39, 0.29) is 45.4 Å². The Morgan fingerprint density at radius 1 is 1.22 bits per heavy atom. The number of carbonyl (C=O) groups excluding carboxylic acids is 2. The number of ether oxygens (including phenoxy) is 1. The van der Waals surface area contributed by atoms with Crippen LogP contribution >= 0.6 is 34.8 Å². The van der Waals surface area contributed by atoms with Crippen LogP contribution < -0.4 is 0 Å². The van der Waals surface area contributed by atoms with Gasteiger partial charge in [0.2, 0.25) is 0 Å². The largest absolute Gasteiger partial charge is 0.451 e. The predicted octanol–water partition coefficient (Wildman–Crippen LogP) is 3.99. The maximum atomic E-state index is 12.3. The minimum atomic E-state index is -0.806. The molecule has 0 spiro atoms. The van der Waals surface area contributed by atoms with E-state index in [0.29, 0.717) is 0 Å². The molecule has 1 aliphatic rings. The van der Waals surface area contributed by atoms with Crippen LogP contribution in [0.4, 0.5) is 0 Å². The molecule has 23 heavy (non-hydrogen) atoms. The third-order valence-corrected chi connectivity index (χ3v) is 5.16. The van der Waals surface area contributed by atoms with Crippen LogP contribution in [0.25, 0.3) is 0 Å². The monoisotopic (exact) mass is 378 g/mol. The summed E-state index contributed by atoms with van der Waals surface area (Å²) in [4.78, 5) is 29.9. The molecule has 0 bridgehead atoms. The fourth-order valence-electron chi connectivity index (χ4n) is 2.77. The summed E-state index contributed by atoms with van der Waals surface area (Å²) >= 11 is 17.6. The number of likely N-dealkylation sites (tertiary alicyclic amines) is 1. The number of aromatic nitrogens is 1. The third kappa shape index (κ3) is 4.08. The van der Waals surface area contributed by atoms with Gasteiger partial charge in [-0.15, -0.1) is 0 Å². The van der Waals surface area contributed by atoms with Crippen LogP contribution in [0.1, 0.15) is 43.6 Å². The van der Waals surface area contributed by atoms with E-state index >= 15 is 0 Å². The molecule has 0 aliphatic carbocycles. The van der Waals surface area contributed by atoms with E-state index in [2.05, 4.69) is 4.98 Å². The summed E-state index contributed by atoms with van der Waals surface area (Å²) < 4.78 is 5.04. The van der Waals surface area contributed by atoms with E-state index in [1.165, 1.54) is 6.20 Å². The zero-order valence-corrected chi connectivity index (χ0v) is 15.1. The topological polar surface area (TPSA) is 59.5 Å². The lowest BCUT2D eigenvalue weighted by atomic mass is 9.97. The first-order valence-corrected chi connectivity index (χ1v) is 8.44. The number of hydrogen-bond acceptors (Lipinski definition) is 4. The van der Waals surface area contributed by atoms with Gasteiger partial charge >= 0.3 is 5.97 Å². The third-order valence-electron chi connectivity index (χ3n) is 3.92. The smallest absolute Gasteiger partial charge is 0.359 e. The molecule has 0 unspecified atom stereocenters. The van der Waals surface area contributed by atoms with Gasteiger partial charge in [-0.3, -0.25) is 4.79 Å². The highest BCUT2D eigenvalue weighted by atomic mass is 35.5. The molecule has 126 valence electrons. The molecule has 1 aliphatic heterocycles. The predicted molar refractivity (Wildman–Crippen MR) is 89.2 cm³/mol. The van der Waals surface area contributed by atoms with Gasteiger partial charge in [0.1, 0.15) is 0 Å². The first-order valence-electron chi connectivity index (χ1n) is 7.30. The number of rotatable bonds is 3. The number of esters is 1. The quantitative estimate of drug-likeness (QED) is 0.745. The van der Waals surface area contributed by atoms with Crippen LogP contribution in [0.5, 0.6) is 0 Å². The standard InChI is InChI=1S/C15H17Cl3N2O3/c1-8-4-3-5-9(2)20(8)11(21)7-23-15(22)14-13(18)12(17)10(16)6-19-14/h6,8-9H,3-5,7H2,1-2H3/t8-,9-/m1/s1. The molecular weight excluding hydrogens is 363 g/mol. The van der Waals surface area contributed by atoms with Crippen molar-refractivity contribution in [1.29, 1.82) is 0 Å². The van der Waals surface area contributed by atoms with Crippen molar-refractivity contribution >= 4 is 46.7 Å². The Hall–Kier alpha value is -1.04. The van der Waals surface area contributed by atoms with Crippen LogP contribution in [0.3, 0.4) is 0 Å². The minimum Gasteiger partial charge on any atom is -0.451 e. The normalized spacial score (nSPS) is 21.2. The summed E-state index contributed by atoms with van der Waals surface area (Å²) in [5, 5.41) is 0.0801. The maximum absolute atomic E-state index is 12.3. The van der Waals surface area contributed by atoms with Gasteiger partial charge in [-0.2, -0.15) is 0 Å². The van der Waals surface area contributed by atoms with Crippen molar-refractivity contribution in [2.24, 2.45) is 0 Å². The summed E-state index contributed by atoms with van der Waals surface area (Å²) in [6.07, 6.45) is 4.20. The van der Waals surface area contributed by atoms with E-state index in [4.69, 9.17) is 39.5 Å². The Morgan fingerprint density at radius 3 is 2.43 bits per heavy atom. The summed E-state index contributed by atoms with van der Waals surface area (Å²) in [5.41, 5.74) is -0.159. The summed E-state index contributed by atoms with van der Waals surface area (Å²) in [5.74, 6) is -1.03. The van der Waals surface area contributed by atoms with Crippen molar-refractivity contribution in [2.75, 3.05) is 6.61 Å². The molecule has 1 aromatic rings. The van der Waals surface area contributed by atoms with Gasteiger partial charge in [0.05, 0.1) is 15.1 Å². The molecule has 2 atom stereocenters. The molecule has 1 fully saturated rings. The van der Waals surface area contributed by atoms with Gasteiger partial charge in [0, 0.05) is 18.3 Å². The van der Waals surface area contributed by atoms with Crippen molar-refractivity contribution in [3.63, 3.8) is 0 Å². The number of pyridine rings is 1. The fourth-order valence-corrected chi connectivity index (χ4v) is 3.33. The van der Waals surface area contributed by atoms with Crippen LogP contribution in [0, 0.1) is 0 Å². The van der Waals surface area contributed by atoms with E-state index < -0.39 is 5.97 Å². The number of piperidine rings is 1. The number of amides is 1. The fraction of sp³-hybridized carbons (Fsp3) is 0.533. The van der Waals surface area contributed by atoms with Gasteiger partial charge in [0.25, 0.3) is 5.91 Å². The second kappa shape index (κ2) is 7.69. The van der Waals surface area contributed by atoms with Crippen molar-refractivity contribution in [1.82, 2.24) is 9.88 Å². The molecule has 0 aromatic carbocycles. The first-order chi connectivity index (χ1) is 10.8. The van der Waals surface area contributed by atoms with Crippen LogP contribution in [-0.4, -0.2) is 40.5 Å². The Labute approximate surface area is 149 Å². The van der Waals surface area contributed by atoms with E-state index in [1.807, 2.05) is 13.8 Å². The molecule has 0 radical (unpaired) electrons. The molecule has 2 rings (SSSR count). The van der Waals surface area contributed by atoms with Crippen molar-refractivity contribution in [2.45, 2.75) is 45.2 Å². The Bertz CT molecular complexity index is 614. The lowest BCUT2D eigenvalue weighted by molar-refractivity contribution is -0.140. The van der Waals surface area contributed by atoms with Gasteiger partial charge < -0.3 is 9.64 Å². The average molecular weight is 380 g/mol. The number of nitrogens with zero attached hydrogens (tertiary/aromatic N) is 2. The molecule has 1 amide bonds. The molecule has 0 N–H and O–H groups in total. The van der Waals surface area contributed by atoms with Gasteiger partial charge in [-0.1, -0.05) is 34.8 Å². The second-order valence-electron chi connectivity index (χ2n) is 5.59. The molecule has 8 heteroatoms. The number of halogens is 3. The van der Waals surface area contributed by atoms with Crippen LogP contribution in [-0.2, 0) is 9.53 Å². The summed E-state index contributed by atoms with van der Waals surface area (Å²) in [6.45, 7) is 3.63. The van der Waals surface area contributed by atoms with Crippen molar-refractivity contribution in [3.8, 4) is 0 Å². The highest BCUT2D eigenvalue weighted by molar-refractivity contribution is 6.48. The van der Waals surface area contributed by atoms with Crippen molar-refractivity contribution in [3.05, 3.63) is 27.0 Å². The van der Waals surface area contributed by atoms with E-state index in [9.17, 15) is 9.59 Å². The van der Waals surface area contributed by atoms with Crippen molar-refractivity contribution < 1.29 is 14.3 Å². The highest BCUT2D eigenvalue weighted by Gasteiger charge is 2.30. The molecule has 2 heterocycles. The summed E-state index contributed by atoms with van der Waals surface area (Å²) in [6, 6.07) is 0.272. The van der Waals surface area contributed by atoms with Gasteiger partial charge in [0.15, 0.2) is 12.3 Å². The molecule has 1 saturated heterocycles. The zero-order valence-electron chi connectivity index (χ0n) is 12.8. The van der Waals surface area contributed by atoms with Crippen LogP contribution in [0.15, 0.2) is 6.20 Å². The molecular formula is C15H17Cl3N2O3. The lowest BCUT2D eigenvalue weighted by Crippen LogP contribution is -2.49. The molecule has 5 nitrogen and oxygen atoms in total. The Balaban J connectivity index is 2.01. The van der Waals surface area contributed by atoms with Gasteiger partial charge in [-0.05, 0) is 33.1 Å². The molecule has 1 aromatic heterocycles. The first kappa shape index (κ1) is 18.3. The number of carbonyl (C=O) groups is 2. The zero-order chi connectivity index (χ0) is 17.1. The Morgan fingerprint density at radius 2 is 1.83 bits per heavy atom. The minimum absolute atomic E-state index is 0.0277. The van der Waals surface area contributed by atoms with E-state index in [1.54, 1.807) is 4.90 Å². The summed E-state index contributed by atoms with van der Waals surface area (Å²) in [7, 11) is 0. The highest BCUT2D eigenvalue weighted by Crippen LogP contribution is 2.31. The van der Waals surface area contributed by atoms with Crippen LogP contribution in [0.2, 0.25) is 15.1 Å². The van der Waals surface area contributed by atoms with E-state index in [0.717, 1.165) is 19.3 Å². The van der Waals surface area contributed by atoms with Gasteiger partial charge in [-0.25, -0.2) is 9.78 Å². The molecule has 0 saturated carbocycles. The Kier molecular flexibility index (Phi) is 6.12. The lowest BCUT2D eigenvalue weighted by Gasteiger charge is -2.38.